The number of carbonyl (C=O) groups excluding carboxylic acids is 2. The summed E-state index contributed by atoms with van der Waals surface area (Å²) >= 11 is 12.5. The van der Waals surface area contributed by atoms with Crippen molar-refractivity contribution in [2.75, 3.05) is 17.4 Å². The van der Waals surface area contributed by atoms with Gasteiger partial charge >= 0.3 is 0 Å². The minimum atomic E-state index is -4.18. The van der Waals surface area contributed by atoms with Crippen LogP contribution in [0.2, 0.25) is 10.0 Å². The number of nitrogens with zero attached hydrogens (tertiary/aromatic N) is 2. The topological polar surface area (TPSA) is 86.8 Å². The molecule has 7 nitrogen and oxygen atoms in total. The number of rotatable bonds is 14. The summed E-state index contributed by atoms with van der Waals surface area (Å²) in [5.41, 5.74) is 3.49. The van der Waals surface area contributed by atoms with Crippen molar-refractivity contribution in [2.24, 2.45) is 0 Å². The fourth-order valence-electron chi connectivity index (χ4n) is 5.13. The lowest BCUT2D eigenvalue weighted by molar-refractivity contribution is -0.140. The van der Waals surface area contributed by atoms with Crippen molar-refractivity contribution in [3.63, 3.8) is 0 Å². The van der Waals surface area contributed by atoms with Crippen molar-refractivity contribution >= 4 is 50.7 Å². The lowest BCUT2D eigenvalue weighted by Gasteiger charge is -2.34. The van der Waals surface area contributed by atoms with Crippen LogP contribution in [0.15, 0.2) is 102 Å². The number of halogens is 2. The Kier molecular flexibility index (Phi) is 12.3. The Hall–Kier alpha value is -3.85. The van der Waals surface area contributed by atoms with E-state index >= 15 is 0 Å². The van der Waals surface area contributed by atoms with E-state index in [2.05, 4.69) is 5.32 Å². The zero-order valence-corrected chi connectivity index (χ0v) is 28.6. The van der Waals surface area contributed by atoms with Crippen LogP contribution in [0.4, 0.5) is 5.69 Å². The van der Waals surface area contributed by atoms with Crippen LogP contribution in [-0.2, 0) is 32.6 Å². The summed E-state index contributed by atoms with van der Waals surface area (Å²) in [7, 11) is -4.18. The molecule has 2 amide bonds. The molecule has 242 valence electrons. The quantitative estimate of drug-likeness (QED) is 0.141. The molecular formula is C36H39Cl2N3O4S. The van der Waals surface area contributed by atoms with Gasteiger partial charge in [-0.15, -0.1) is 0 Å². The van der Waals surface area contributed by atoms with E-state index in [9.17, 15) is 18.0 Å². The number of hydrogen-bond acceptors (Lipinski definition) is 4. The third-order valence-electron chi connectivity index (χ3n) is 7.89. The average Bonchev–Trinajstić information content (AvgIpc) is 3.05. The van der Waals surface area contributed by atoms with E-state index in [1.54, 1.807) is 48.5 Å². The van der Waals surface area contributed by atoms with Crippen LogP contribution < -0.4 is 9.62 Å². The van der Waals surface area contributed by atoms with Gasteiger partial charge in [0, 0.05) is 19.5 Å². The second-order valence-corrected chi connectivity index (χ2v) is 13.8. The Bertz CT molecular complexity index is 1750. The summed E-state index contributed by atoms with van der Waals surface area (Å²) in [6.07, 6.45) is 1.89. The maximum atomic E-state index is 14.6. The van der Waals surface area contributed by atoms with Gasteiger partial charge in [0.25, 0.3) is 10.0 Å². The summed E-state index contributed by atoms with van der Waals surface area (Å²) in [6.45, 7) is 5.67. The predicted octanol–water partition coefficient (Wildman–Crippen LogP) is 7.36. The number of nitrogens with one attached hydrogen (secondary N) is 1. The summed E-state index contributed by atoms with van der Waals surface area (Å²) in [5.74, 6) is -0.868. The van der Waals surface area contributed by atoms with Crippen molar-refractivity contribution in [3.8, 4) is 0 Å². The molecule has 0 bridgehead atoms. The third-order valence-corrected chi connectivity index (χ3v) is 10.4. The molecule has 0 aromatic heterocycles. The SMILES string of the molecule is CCCCNC(=O)[C@@H](Cc1ccccc1)N(Cc1ccc(Cl)c(Cl)c1)C(=O)CN(c1cccc(C)c1C)S(=O)(=O)c1ccccc1. The minimum absolute atomic E-state index is 0.000441. The van der Waals surface area contributed by atoms with Crippen LogP contribution in [0.3, 0.4) is 0 Å². The predicted molar refractivity (Wildman–Crippen MR) is 186 cm³/mol. The number of carbonyl (C=O) groups is 2. The van der Waals surface area contributed by atoms with Crippen molar-refractivity contribution in [1.82, 2.24) is 10.2 Å². The highest BCUT2D eigenvalue weighted by molar-refractivity contribution is 7.92. The second-order valence-electron chi connectivity index (χ2n) is 11.2. The molecule has 4 aromatic carbocycles. The molecule has 0 heterocycles. The summed E-state index contributed by atoms with van der Waals surface area (Å²) in [5, 5.41) is 3.66. The average molecular weight is 681 g/mol. The number of unbranched alkanes of at least 4 members (excludes halogenated alkanes) is 1. The summed E-state index contributed by atoms with van der Waals surface area (Å²) in [6, 6.07) is 26.9. The minimum Gasteiger partial charge on any atom is -0.354 e. The molecule has 0 unspecified atom stereocenters. The number of aryl methyl sites for hydroxylation is 1. The van der Waals surface area contributed by atoms with Crippen molar-refractivity contribution in [3.05, 3.63) is 129 Å². The van der Waals surface area contributed by atoms with Crippen LogP contribution in [0, 0.1) is 13.8 Å². The van der Waals surface area contributed by atoms with Gasteiger partial charge in [0.05, 0.1) is 20.6 Å². The largest absolute Gasteiger partial charge is 0.354 e. The van der Waals surface area contributed by atoms with Crippen molar-refractivity contribution < 1.29 is 18.0 Å². The number of benzene rings is 4. The van der Waals surface area contributed by atoms with Crippen molar-refractivity contribution in [2.45, 2.75) is 57.5 Å². The number of sulfonamides is 1. The molecule has 0 saturated carbocycles. The molecule has 4 rings (SSSR count). The van der Waals surface area contributed by atoms with E-state index < -0.39 is 28.5 Å². The Morgan fingerprint density at radius 2 is 1.50 bits per heavy atom. The molecule has 1 N–H and O–H groups in total. The Labute approximate surface area is 282 Å². The summed E-state index contributed by atoms with van der Waals surface area (Å²) in [4.78, 5) is 30.0. The molecular weight excluding hydrogens is 641 g/mol. The van der Waals surface area contributed by atoms with Gasteiger partial charge in [-0.1, -0.05) is 103 Å². The highest BCUT2D eigenvalue weighted by Crippen LogP contribution is 2.30. The highest BCUT2D eigenvalue weighted by atomic mass is 35.5. The van der Waals surface area contributed by atoms with Crippen LogP contribution >= 0.6 is 23.2 Å². The van der Waals surface area contributed by atoms with Crippen LogP contribution in [-0.4, -0.2) is 44.3 Å². The number of amides is 2. The highest BCUT2D eigenvalue weighted by Gasteiger charge is 2.35. The van der Waals surface area contributed by atoms with Crippen LogP contribution in [0.1, 0.15) is 42.0 Å². The molecule has 0 spiro atoms. The maximum absolute atomic E-state index is 14.6. The zero-order chi connectivity index (χ0) is 33.3. The van der Waals surface area contributed by atoms with Gasteiger partial charge in [-0.3, -0.25) is 13.9 Å². The van der Waals surface area contributed by atoms with Gasteiger partial charge < -0.3 is 10.2 Å². The van der Waals surface area contributed by atoms with Gasteiger partial charge in [0.2, 0.25) is 11.8 Å². The monoisotopic (exact) mass is 679 g/mol. The second kappa shape index (κ2) is 16.1. The fourth-order valence-corrected chi connectivity index (χ4v) is 6.95. The third kappa shape index (κ3) is 8.69. The molecule has 10 heteroatoms. The molecule has 1 atom stereocenters. The molecule has 0 aliphatic carbocycles. The molecule has 0 saturated heterocycles. The Morgan fingerprint density at radius 1 is 0.826 bits per heavy atom. The molecule has 0 aliphatic heterocycles. The first-order valence-corrected chi connectivity index (χ1v) is 17.4. The first-order chi connectivity index (χ1) is 22.0. The maximum Gasteiger partial charge on any atom is 0.264 e. The van der Waals surface area contributed by atoms with Gasteiger partial charge in [-0.2, -0.15) is 0 Å². The van der Waals surface area contributed by atoms with E-state index in [0.717, 1.165) is 33.8 Å². The van der Waals surface area contributed by atoms with Gasteiger partial charge in [0.15, 0.2) is 0 Å². The van der Waals surface area contributed by atoms with Gasteiger partial charge in [-0.25, -0.2) is 8.42 Å². The standard InChI is InChI=1S/C36H39Cl2N3O4S/c1-4-5-21-39-36(43)34(23-28-14-8-6-9-15-28)40(24-29-19-20-31(37)32(38)22-29)35(42)25-41(33-18-12-13-26(2)27(33)3)46(44,45)30-16-10-7-11-17-30/h6-20,22,34H,4-5,21,23-25H2,1-3H3,(H,39,43)/t34-/m1/s1. The van der Waals surface area contributed by atoms with E-state index in [-0.39, 0.29) is 23.8 Å². The normalized spacial score (nSPS) is 11.9. The fraction of sp³-hybridized carbons (Fsp3) is 0.278. The molecule has 0 aliphatic rings. The Balaban J connectivity index is 1.83. The molecule has 4 aromatic rings. The first-order valence-electron chi connectivity index (χ1n) is 15.2. The Morgan fingerprint density at radius 3 is 2.15 bits per heavy atom. The van der Waals surface area contributed by atoms with E-state index in [1.165, 1.54) is 17.0 Å². The number of anilines is 1. The van der Waals surface area contributed by atoms with E-state index in [1.807, 2.05) is 57.2 Å². The van der Waals surface area contributed by atoms with E-state index in [4.69, 9.17) is 23.2 Å². The lowest BCUT2D eigenvalue weighted by atomic mass is 10.0. The van der Waals surface area contributed by atoms with Crippen molar-refractivity contribution in [1.29, 1.82) is 0 Å². The smallest absolute Gasteiger partial charge is 0.264 e. The molecule has 0 radical (unpaired) electrons. The molecule has 46 heavy (non-hydrogen) atoms. The lowest BCUT2D eigenvalue weighted by Crippen LogP contribution is -2.53. The van der Waals surface area contributed by atoms with E-state index in [0.29, 0.717) is 27.8 Å². The van der Waals surface area contributed by atoms with Crippen LogP contribution in [0.25, 0.3) is 0 Å². The molecule has 0 fully saturated rings. The summed E-state index contributed by atoms with van der Waals surface area (Å²) < 4.78 is 29.6. The van der Waals surface area contributed by atoms with Gasteiger partial charge in [0.1, 0.15) is 12.6 Å². The van der Waals surface area contributed by atoms with Gasteiger partial charge in [-0.05, 0) is 72.9 Å². The van der Waals surface area contributed by atoms with Crippen LogP contribution in [0.5, 0.6) is 0 Å². The number of hydrogen-bond donors (Lipinski definition) is 1. The zero-order valence-electron chi connectivity index (χ0n) is 26.2. The first kappa shape index (κ1) is 35.0.